The minimum Gasteiger partial charge on any atom is -0.390 e. The predicted molar refractivity (Wildman–Crippen MR) is 107 cm³/mol. The lowest BCUT2D eigenvalue weighted by Gasteiger charge is -2.37. The summed E-state index contributed by atoms with van der Waals surface area (Å²) in [6.45, 7) is 11.1. The molecule has 0 spiro atoms. The van der Waals surface area contributed by atoms with E-state index in [0.29, 0.717) is 0 Å². The number of β-amino-alcohol motifs (C(OH)–C–C–N with tert-alkyl or cyclic N) is 1. The first-order valence-corrected chi connectivity index (χ1v) is 9.94. The van der Waals surface area contributed by atoms with E-state index in [-0.39, 0.29) is 12.1 Å². The molecule has 2 aliphatic rings. The van der Waals surface area contributed by atoms with Crippen LogP contribution in [0, 0.1) is 13.8 Å². The van der Waals surface area contributed by atoms with E-state index in [1.54, 1.807) is 0 Å². The smallest absolute Gasteiger partial charge is 0.0834 e. The van der Waals surface area contributed by atoms with Crippen LogP contribution < -0.4 is 0 Å². The average Bonchev–Trinajstić information content (AvgIpc) is 3.28. The predicted octanol–water partition coefficient (Wildman–Crippen LogP) is 1.28. The van der Waals surface area contributed by atoms with Crippen molar-refractivity contribution in [1.29, 1.82) is 0 Å². The molecule has 0 amide bonds. The van der Waals surface area contributed by atoms with Crippen LogP contribution in [0.4, 0.5) is 0 Å². The fourth-order valence-electron chi connectivity index (χ4n) is 4.51. The van der Waals surface area contributed by atoms with Crippen LogP contribution in [0.5, 0.6) is 0 Å². The van der Waals surface area contributed by atoms with E-state index in [2.05, 4.69) is 52.8 Å². The van der Waals surface area contributed by atoms with E-state index in [4.69, 9.17) is 0 Å². The Labute approximate surface area is 162 Å². The Bertz CT molecular complexity index is 767. The first-order chi connectivity index (χ1) is 13.0. The fourth-order valence-corrected chi connectivity index (χ4v) is 4.51. The molecule has 0 unspecified atom stereocenters. The molecule has 0 saturated carbocycles. The van der Waals surface area contributed by atoms with Gasteiger partial charge in [-0.15, -0.1) is 0 Å². The molecule has 1 aromatic heterocycles. The maximum absolute atomic E-state index is 10.7. The van der Waals surface area contributed by atoms with Crippen LogP contribution in [-0.4, -0.2) is 88.0 Å². The number of likely N-dealkylation sites (N-methyl/N-ethyl adjacent to an activating group) is 1. The van der Waals surface area contributed by atoms with E-state index in [1.165, 1.54) is 16.7 Å². The van der Waals surface area contributed by atoms with E-state index in [9.17, 15) is 5.11 Å². The monoisotopic (exact) mass is 369 g/mol. The quantitative estimate of drug-likeness (QED) is 0.880. The summed E-state index contributed by atoms with van der Waals surface area (Å²) in [5.74, 6) is 0. The summed E-state index contributed by atoms with van der Waals surface area (Å²) in [6.07, 6.45) is 3.56. The van der Waals surface area contributed by atoms with Gasteiger partial charge >= 0.3 is 0 Å². The standard InChI is InChI=1S/C21H31N5O/c1-16-11-17(2)18(19(12-16)26-6-4-5-22-26)13-24-14-20(21(27)15-24)25-9-7-23(3)8-10-25/h4-6,11-12,20-21,27H,7-10,13-15H2,1-3H3/t20-,21-/m1/s1. The molecule has 3 heterocycles. The van der Waals surface area contributed by atoms with Crippen LogP contribution in [0.3, 0.4) is 0 Å². The highest BCUT2D eigenvalue weighted by Gasteiger charge is 2.36. The van der Waals surface area contributed by atoms with Crippen LogP contribution in [0.1, 0.15) is 16.7 Å². The van der Waals surface area contributed by atoms with Crippen LogP contribution in [0.2, 0.25) is 0 Å². The molecule has 0 radical (unpaired) electrons. The van der Waals surface area contributed by atoms with Gasteiger partial charge in [-0.2, -0.15) is 5.10 Å². The molecule has 4 rings (SSSR count). The van der Waals surface area contributed by atoms with Gasteiger partial charge in [0.15, 0.2) is 0 Å². The zero-order chi connectivity index (χ0) is 19.0. The van der Waals surface area contributed by atoms with E-state index in [0.717, 1.165) is 51.5 Å². The van der Waals surface area contributed by atoms with Gasteiger partial charge in [-0.1, -0.05) is 6.07 Å². The van der Waals surface area contributed by atoms with Gasteiger partial charge in [0.25, 0.3) is 0 Å². The molecular formula is C21H31N5O. The number of aliphatic hydroxyl groups excluding tert-OH is 1. The van der Waals surface area contributed by atoms with E-state index >= 15 is 0 Å². The number of rotatable bonds is 4. The van der Waals surface area contributed by atoms with Crippen LogP contribution in [0.15, 0.2) is 30.6 Å². The van der Waals surface area contributed by atoms with Crippen LogP contribution in [0.25, 0.3) is 5.69 Å². The van der Waals surface area contributed by atoms with E-state index in [1.807, 2.05) is 23.1 Å². The van der Waals surface area contributed by atoms with Crippen molar-refractivity contribution in [2.45, 2.75) is 32.5 Å². The fraction of sp³-hybridized carbons (Fsp3) is 0.571. The molecule has 6 heteroatoms. The number of hydrogen-bond acceptors (Lipinski definition) is 5. The van der Waals surface area contributed by atoms with Crippen LogP contribution >= 0.6 is 0 Å². The maximum atomic E-state index is 10.7. The van der Waals surface area contributed by atoms with Gasteiger partial charge in [0.1, 0.15) is 0 Å². The van der Waals surface area contributed by atoms with Crippen LogP contribution in [-0.2, 0) is 6.54 Å². The molecule has 0 aliphatic carbocycles. The molecule has 6 nitrogen and oxygen atoms in total. The lowest BCUT2D eigenvalue weighted by Crippen LogP contribution is -2.52. The third-order valence-electron chi connectivity index (χ3n) is 6.07. The number of piperazine rings is 1. The Balaban J connectivity index is 1.52. The summed E-state index contributed by atoms with van der Waals surface area (Å²) in [5, 5.41) is 15.2. The highest BCUT2D eigenvalue weighted by Crippen LogP contribution is 2.26. The first kappa shape index (κ1) is 18.6. The van der Waals surface area contributed by atoms with Crippen molar-refractivity contribution >= 4 is 0 Å². The minimum absolute atomic E-state index is 0.248. The molecular weight excluding hydrogens is 338 g/mol. The van der Waals surface area contributed by atoms with Crippen molar-refractivity contribution in [1.82, 2.24) is 24.5 Å². The van der Waals surface area contributed by atoms with Gasteiger partial charge in [-0.05, 0) is 49.7 Å². The summed E-state index contributed by atoms with van der Waals surface area (Å²) in [4.78, 5) is 7.24. The Morgan fingerprint density at radius 3 is 2.59 bits per heavy atom. The third kappa shape index (κ3) is 3.94. The Morgan fingerprint density at radius 2 is 1.89 bits per heavy atom. The number of aryl methyl sites for hydroxylation is 2. The minimum atomic E-state index is -0.271. The number of aliphatic hydroxyl groups is 1. The van der Waals surface area contributed by atoms with Crippen molar-refractivity contribution in [3.8, 4) is 5.69 Å². The SMILES string of the molecule is Cc1cc(C)c(CN2C[C@@H](O)[C@H](N3CCN(C)CC3)C2)c(-n2cccn2)c1. The van der Waals surface area contributed by atoms with Crippen molar-refractivity contribution in [3.05, 3.63) is 47.3 Å². The van der Waals surface area contributed by atoms with Crippen molar-refractivity contribution < 1.29 is 5.11 Å². The normalized spacial score (nSPS) is 25.3. The van der Waals surface area contributed by atoms with Crippen molar-refractivity contribution in [3.63, 3.8) is 0 Å². The Morgan fingerprint density at radius 1 is 1.11 bits per heavy atom. The van der Waals surface area contributed by atoms with Gasteiger partial charge in [0.05, 0.1) is 11.8 Å². The molecule has 1 N–H and O–H groups in total. The molecule has 2 saturated heterocycles. The van der Waals surface area contributed by atoms with Gasteiger partial charge in [0, 0.05) is 64.2 Å². The second-order valence-corrected chi connectivity index (χ2v) is 8.20. The summed E-state index contributed by atoms with van der Waals surface area (Å²) in [5.41, 5.74) is 4.99. The Hall–Kier alpha value is -1.73. The highest BCUT2D eigenvalue weighted by atomic mass is 16.3. The summed E-state index contributed by atoms with van der Waals surface area (Å²) >= 11 is 0. The topological polar surface area (TPSA) is 47.8 Å². The summed E-state index contributed by atoms with van der Waals surface area (Å²) in [7, 11) is 2.17. The molecule has 2 atom stereocenters. The summed E-state index contributed by atoms with van der Waals surface area (Å²) < 4.78 is 1.96. The molecule has 2 aliphatic heterocycles. The number of benzene rings is 1. The number of hydrogen-bond donors (Lipinski definition) is 1. The highest BCUT2D eigenvalue weighted by molar-refractivity contribution is 5.48. The molecule has 0 bridgehead atoms. The average molecular weight is 370 g/mol. The largest absolute Gasteiger partial charge is 0.390 e. The number of aromatic nitrogens is 2. The number of likely N-dealkylation sites (tertiary alicyclic amines) is 1. The van der Waals surface area contributed by atoms with Crippen molar-refractivity contribution in [2.75, 3.05) is 46.3 Å². The van der Waals surface area contributed by atoms with Gasteiger partial charge in [0.2, 0.25) is 0 Å². The second-order valence-electron chi connectivity index (χ2n) is 8.20. The first-order valence-electron chi connectivity index (χ1n) is 9.94. The molecule has 1 aromatic carbocycles. The summed E-state index contributed by atoms with van der Waals surface area (Å²) in [6, 6.07) is 6.66. The molecule has 2 fully saturated rings. The van der Waals surface area contributed by atoms with Gasteiger partial charge < -0.3 is 10.0 Å². The van der Waals surface area contributed by atoms with Gasteiger partial charge in [-0.3, -0.25) is 9.80 Å². The third-order valence-corrected chi connectivity index (χ3v) is 6.07. The molecule has 27 heavy (non-hydrogen) atoms. The van der Waals surface area contributed by atoms with Gasteiger partial charge in [-0.25, -0.2) is 4.68 Å². The lowest BCUT2D eigenvalue weighted by molar-refractivity contribution is 0.0512. The maximum Gasteiger partial charge on any atom is 0.0834 e. The molecule has 146 valence electrons. The Kier molecular flexibility index (Phi) is 5.32. The zero-order valence-electron chi connectivity index (χ0n) is 16.7. The molecule has 2 aromatic rings. The zero-order valence-corrected chi connectivity index (χ0v) is 16.7. The lowest BCUT2D eigenvalue weighted by atomic mass is 10.0. The van der Waals surface area contributed by atoms with E-state index < -0.39 is 0 Å². The van der Waals surface area contributed by atoms with Crippen molar-refractivity contribution in [2.24, 2.45) is 0 Å². The second kappa shape index (κ2) is 7.72. The number of nitrogens with zero attached hydrogens (tertiary/aromatic N) is 5.